The van der Waals surface area contributed by atoms with Gasteiger partial charge in [0.05, 0.1) is 5.92 Å². The molecule has 0 spiro atoms. The zero-order valence-corrected chi connectivity index (χ0v) is 11.1. The van der Waals surface area contributed by atoms with Crippen molar-refractivity contribution in [3.63, 3.8) is 0 Å². The minimum atomic E-state index is -0.669. The zero-order valence-electron chi connectivity index (χ0n) is 11.1. The number of allylic oxidation sites excluding steroid dienone is 2. The van der Waals surface area contributed by atoms with E-state index in [-0.39, 0.29) is 5.92 Å². The van der Waals surface area contributed by atoms with Gasteiger partial charge in [0.15, 0.2) is 0 Å². The average Bonchev–Trinajstić information content (AvgIpc) is 2.16. The molecule has 0 aromatic heterocycles. The lowest BCUT2D eigenvalue weighted by Crippen LogP contribution is -2.09. The molecule has 2 heteroatoms. The first-order valence-corrected chi connectivity index (χ1v) is 6.29. The minimum Gasteiger partial charge on any atom is -0.481 e. The molecule has 0 aliphatic rings. The van der Waals surface area contributed by atoms with Crippen LogP contribution in [0.5, 0.6) is 0 Å². The topological polar surface area (TPSA) is 37.3 Å². The van der Waals surface area contributed by atoms with Crippen molar-refractivity contribution in [3.8, 4) is 0 Å². The van der Waals surface area contributed by atoms with Crippen LogP contribution < -0.4 is 0 Å². The fourth-order valence-corrected chi connectivity index (χ4v) is 1.70. The zero-order chi connectivity index (χ0) is 12.6. The molecule has 16 heavy (non-hydrogen) atoms. The molecule has 0 aliphatic carbocycles. The summed E-state index contributed by atoms with van der Waals surface area (Å²) in [6, 6.07) is 0. The van der Waals surface area contributed by atoms with Crippen LogP contribution in [0, 0.1) is 11.8 Å². The molecule has 2 atom stereocenters. The van der Waals surface area contributed by atoms with Crippen molar-refractivity contribution < 1.29 is 9.90 Å². The van der Waals surface area contributed by atoms with Crippen LogP contribution in [0.25, 0.3) is 0 Å². The highest BCUT2D eigenvalue weighted by Crippen LogP contribution is 2.17. The van der Waals surface area contributed by atoms with Crippen LogP contribution in [0.2, 0.25) is 0 Å². The molecule has 0 aromatic rings. The summed E-state index contributed by atoms with van der Waals surface area (Å²) in [5.74, 6) is -0.154. The van der Waals surface area contributed by atoms with Gasteiger partial charge in [0, 0.05) is 0 Å². The molecule has 0 saturated carbocycles. The van der Waals surface area contributed by atoms with E-state index < -0.39 is 5.97 Å². The molecule has 0 amide bonds. The monoisotopic (exact) mass is 226 g/mol. The third-order valence-corrected chi connectivity index (χ3v) is 2.97. The Balaban J connectivity index is 3.54. The summed E-state index contributed by atoms with van der Waals surface area (Å²) in [4.78, 5) is 10.6. The summed E-state index contributed by atoms with van der Waals surface area (Å²) in [6.07, 6.45) is 7.63. The first kappa shape index (κ1) is 15.2. The van der Waals surface area contributed by atoms with Crippen LogP contribution in [0.1, 0.15) is 59.8 Å². The average molecular weight is 226 g/mol. The maximum Gasteiger partial charge on any atom is 0.306 e. The summed E-state index contributed by atoms with van der Waals surface area (Å²) in [7, 11) is 0. The standard InChI is InChI=1S/C14H26O2/c1-11(2)7-5-8-12(3)9-6-10-13(4)14(15)16/h7,12-13H,5-6,8-10H2,1-4H3,(H,15,16)/t12-,13+/m0/s1. The summed E-state index contributed by atoms with van der Waals surface area (Å²) in [5, 5.41) is 8.74. The molecule has 0 rings (SSSR count). The van der Waals surface area contributed by atoms with Crippen molar-refractivity contribution in [2.75, 3.05) is 0 Å². The van der Waals surface area contributed by atoms with Gasteiger partial charge in [0.25, 0.3) is 0 Å². The molecule has 0 fully saturated rings. The molecule has 0 aliphatic heterocycles. The van der Waals surface area contributed by atoms with Crippen molar-refractivity contribution in [3.05, 3.63) is 11.6 Å². The second-order valence-corrected chi connectivity index (χ2v) is 5.13. The molecule has 0 bridgehead atoms. The van der Waals surface area contributed by atoms with Gasteiger partial charge in [-0.05, 0) is 39.0 Å². The number of aliphatic carboxylic acids is 1. The van der Waals surface area contributed by atoms with Gasteiger partial charge in [-0.25, -0.2) is 0 Å². The Kier molecular flexibility index (Phi) is 7.96. The van der Waals surface area contributed by atoms with E-state index in [0.717, 1.165) is 25.7 Å². The smallest absolute Gasteiger partial charge is 0.306 e. The van der Waals surface area contributed by atoms with Gasteiger partial charge < -0.3 is 5.11 Å². The van der Waals surface area contributed by atoms with Gasteiger partial charge >= 0.3 is 5.97 Å². The van der Waals surface area contributed by atoms with Crippen LogP contribution in [0.4, 0.5) is 0 Å². The highest BCUT2D eigenvalue weighted by molar-refractivity contribution is 5.69. The van der Waals surface area contributed by atoms with Crippen LogP contribution >= 0.6 is 0 Å². The lowest BCUT2D eigenvalue weighted by molar-refractivity contribution is -0.141. The summed E-state index contributed by atoms with van der Waals surface area (Å²) in [5.41, 5.74) is 1.38. The number of hydrogen-bond acceptors (Lipinski definition) is 1. The first-order chi connectivity index (χ1) is 7.43. The molecule has 1 N–H and O–H groups in total. The quantitative estimate of drug-likeness (QED) is 0.628. The van der Waals surface area contributed by atoms with E-state index >= 15 is 0 Å². The lowest BCUT2D eigenvalue weighted by atomic mass is 9.95. The fraction of sp³-hybridized carbons (Fsp3) is 0.786. The maximum atomic E-state index is 10.6. The minimum absolute atomic E-state index is 0.190. The fourth-order valence-electron chi connectivity index (χ4n) is 1.70. The van der Waals surface area contributed by atoms with Crippen molar-refractivity contribution in [1.29, 1.82) is 0 Å². The van der Waals surface area contributed by atoms with E-state index in [1.807, 2.05) is 0 Å². The molecular formula is C14H26O2. The SMILES string of the molecule is CC(C)=CCC[C@H](C)CCC[C@@H](C)C(=O)O. The van der Waals surface area contributed by atoms with E-state index in [9.17, 15) is 4.79 Å². The van der Waals surface area contributed by atoms with Crippen LogP contribution in [-0.4, -0.2) is 11.1 Å². The Hall–Kier alpha value is -0.790. The highest BCUT2D eigenvalue weighted by atomic mass is 16.4. The van der Waals surface area contributed by atoms with Gasteiger partial charge in [0.2, 0.25) is 0 Å². The third-order valence-electron chi connectivity index (χ3n) is 2.97. The van der Waals surface area contributed by atoms with Gasteiger partial charge in [-0.15, -0.1) is 0 Å². The number of rotatable bonds is 8. The van der Waals surface area contributed by atoms with Gasteiger partial charge in [-0.2, -0.15) is 0 Å². The van der Waals surface area contributed by atoms with Crippen molar-refractivity contribution in [1.82, 2.24) is 0 Å². The van der Waals surface area contributed by atoms with Gasteiger partial charge in [0.1, 0.15) is 0 Å². The Morgan fingerprint density at radius 3 is 2.31 bits per heavy atom. The molecular weight excluding hydrogens is 200 g/mol. The second kappa shape index (κ2) is 8.37. The molecule has 0 aromatic carbocycles. The number of hydrogen-bond donors (Lipinski definition) is 1. The lowest BCUT2D eigenvalue weighted by Gasteiger charge is -2.11. The number of carboxylic acids is 1. The summed E-state index contributed by atoms with van der Waals surface area (Å²) in [6.45, 7) is 8.29. The number of carbonyl (C=O) groups is 1. The van der Waals surface area contributed by atoms with E-state index in [2.05, 4.69) is 26.8 Å². The van der Waals surface area contributed by atoms with Crippen LogP contribution in [-0.2, 0) is 4.79 Å². The molecule has 0 saturated heterocycles. The Labute approximate surface area is 99.7 Å². The van der Waals surface area contributed by atoms with E-state index in [0.29, 0.717) is 5.92 Å². The second-order valence-electron chi connectivity index (χ2n) is 5.13. The Bertz CT molecular complexity index is 227. The molecule has 0 radical (unpaired) electrons. The Morgan fingerprint density at radius 2 is 1.81 bits per heavy atom. The van der Waals surface area contributed by atoms with Crippen LogP contribution in [0.3, 0.4) is 0 Å². The Morgan fingerprint density at radius 1 is 1.19 bits per heavy atom. The molecule has 2 nitrogen and oxygen atoms in total. The van der Waals surface area contributed by atoms with E-state index in [1.165, 1.54) is 12.0 Å². The highest BCUT2D eigenvalue weighted by Gasteiger charge is 2.10. The van der Waals surface area contributed by atoms with Gasteiger partial charge in [-0.3, -0.25) is 4.79 Å². The molecule has 0 unspecified atom stereocenters. The summed E-state index contributed by atoms with van der Waals surface area (Å²) < 4.78 is 0. The molecule has 94 valence electrons. The van der Waals surface area contributed by atoms with Crippen molar-refractivity contribution in [2.45, 2.75) is 59.8 Å². The van der Waals surface area contributed by atoms with Crippen molar-refractivity contribution >= 4 is 5.97 Å². The van der Waals surface area contributed by atoms with Gasteiger partial charge in [-0.1, -0.05) is 38.3 Å². The maximum absolute atomic E-state index is 10.6. The molecule has 0 heterocycles. The first-order valence-electron chi connectivity index (χ1n) is 6.29. The predicted molar refractivity (Wildman–Crippen MR) is 68.5 cm³/mol. The van der Waals surface area contributed by atoms with Crippen LogP contribution in [0.15, 0.2) is 11.6 Å². The third kappa shape index (κ3) is 8.51. The largest absolute Gasteiger partial charge is 0.481 e. The van der Waals surface area contributed by atoms with E-state index in [1.54, 1.807) is 6.92 Å². The van der Waals surface area contributed by atoms with E-state index in [4.69, 9.17) is 5.11 Å². The predicted octanol–water partition coefficient (Wildman–Crippen LogP) is 4.26. The number of carboxylic acid groups (broad SMARTS) is 1. The van der Waals surface area contributed by atoms with Crippen molar-refractivity contribution in [2.24, 2.45) is 11.8 Å². The normalized spacial score (nSPS) is 14.2. The summed E-state index contributed by atoms with van der Waals surface area (Å²) >= 11 is 0.